The Bertz CT molecular complexity index is 774. The summed E-state index contributed by atoms with van der Waals surface area (Å²) in [7, 11) is 0. The minimum Gasteiger partial charge on any atom is -0.484 e. The highest BCUT2D eigenvalue weighted by atomic mass is 16.6. The van der Waals surface area contributed by atoms with Gasteiger partial charge in [-0.2, -0.15) is 0 Å². The maximum absolute atomic E-state index is 10.7. The molecule has 0 aromatic carbocycles. The highest BCUT2D eigenvalue weighted by Gasteiger charge is 2.22. The molecule has 0 saturated carbocycles. The zero-order chi connectivity index (χ0) is 18.5. The number of H-pyrrole nitrogens is 1. The summed E-state index contributed by atoms with van der Waals surface area (Å²) in [5.41, 5.74) is 2.99. The van der Waals surface area contributed by atoms with Gasteiger partial charge in [-0.25, -0.2) is 4.98 Å². The molecule has 0 radical (unpaired) electrons. The zero-order valence-electron chi connectivity index (χ0n) is 15.7. The van der Waals surface area contributed by atoms with Crippen LogP contribution in [0.3, 0.4) is 0 Å². The third-order valence-corrected chi connectivity index (χ3v) is 4.65. The predicted octanol–water partition coefficient (Wildman–Crippen LogP) is 3.00. The number of fused-ring (bicyclic) bond motifs is 1. The number of hydrogen-bond acceptors (Lipinski definition) is 5. The SMILES string of the molecule is C[C@@H](c1ccc2c(n1)OCCO2)N1CCCC1.Cc1cc(=O)cc(C)[nH]1. The quantitative estimate of drug-likeness (QED) is 0.895. The summed E-state index contributed by atoms with van der Waals surface area (Å²) in [6.07, 6.45) is 2.60. The second-order valence-corrected chi connectivity index (χ2v) is 6.84. The van der Waals surface area contributed by atoms with Gasteiger partial charge in [-0.15, -0.1) is 0 Å². The highest BCUT2D eigenvalue weighted by Crippen LogP contribution is 2.31. The second-order valence-electron chi connectivity index (χ2n) is 6.84. The molecule has 2 aliphatic heterocycles. The Kier molecular flexibility index (Phi) is 5.93. The van der Waals surface area contributed by atoms with Crippen molar-refractivity contribution in [3.63, 3.8) is 0 Å². The first-order valence-electron chi connectivity index (χ1n) is 9.21. The first-order valence-corrected chi connectivity index (χ1v) is 9.21. The maximum Gasteiger partial charge on any atom is 0.257 e. The number of pyridine rings is 2. The van der Waals surface area contributed by atoms with E-state index in [2.05, 4.69) is 27.9 Å². The van der Waals surface area contributed by atoms with Crippen LogP contribution < -0.4 is 14.9 Å². The van der Waals surface area contributed by atoms with Crippen molar-refractivity contribution in [2.24, 2.45) is 0 Å². The molecule has 0 unspecified atom stereocenters. The van der Waals surface area contributed by atoms with Gasteiger partial charge < -0.3 is 14.5 Å². The lowest BCUT2D eigenvalue weighted by Crippen LogP contribution is -2.24. The van der Waals surface area contributed by atoms with Crippen LogP contribution in [-0.2, 0) is 0 Å². The van der Waals surface area contributed by atoms with Crippen molar-refractivity contribution in [3.8, 4) is 11.6 Å². The lowest BCUT2D eigenvalue weighted by Gasteiger charge is -2.25. The van der Waals surface area contributed by atoms with Crippen LogP contribution in [0.15, 0.2) is 29.1 Å². The fourth-order valence-electron chi connectivity index (χ4n) is 3.35. The normalized spacial score (nSPS) is 17.3. The lowest BCUT2D eigenvalue weighted by molar-refractivity contribution is 0.162. The number of nitrogens with zero attached hydrogens (tertiary/aromatic N) is 2. The molecule has 4 rings (SSSR count). The van der Waals surface area contributed by atoms with Crippen molar-refractivity contribution in [2.45, 2.75) is 39.7 Å². The Labute approximate surface area is 154 Å². The average molecular weight is 357 g/mol. The van der Waals surface area contributed by atoms with Gasteiger partial charge >= 0.3 is 0 Å². The molecule has 1 fully saturated rings. The monoisotopic (exact) mass is 357 g/mol. The van der Waals surface area contributed by atoms with E-state index in [0.717, 1.165) is 22.8 Å². The number of rotatable bonds is 2. The van der Waals surface area contributed by atoms with Gasteiger partial charge in [0, 0.05) is 29.6 Å². The molecule has 2 aromatic heterocycles. The fraction of sp³-hybridized carbons (Fsp3) is 0.500. The van der Waals surface area contributed by atoms with Crippen LogP contribution in [0.2, 0.25) is 0 Å². The van der Waals surface area contributed by atoms with Crippen molar-refractivity contribution >= 4 is 0 Å². The summed E-state index contributed by atoms with van der Waals surface area (Å²) in [5.74, 6) is 1.42. The Balaban J connectivity index is 0.000000185. The number of aromatic amines is 1. The van der Waals surface area contributed by atoms with Gasteiger partial charge in [-0.05, 0) is 58.8 Å². The molecule has 140 valence electrons. The molecular formula is C20H27N3O3. The van der Waals surface area contributed by atoms with Crippen LogP contribution >= 0.6 is 0 Å². The number of aryl methyl sites for hydroxylation is 2. The molecule has 2 aliphatic rings. The van der Waals surface area contributed by atoms with E-state index in [4.69, 9.17) is 9.47 Å². The van der Waals surface area contributed by atoms with Gasteiger partial charge in [0.25, 0.3) is 5.88 Å². The van der Waals surface area contributed by atoms with Crippen LogP contribution in [0.25, 0.3) is 0 Å². The summed E-state index contributed by atoms with van der Waals surface area (Å²) in [5, 5.41) is 0. The molecular weight excluding hydrogens is 330 g/mol. The fourth-order valence-corrected chi connectivity index (χ4v) is 3.35. The third-order valence-electron chi connectivity index (χ3n) is 4.65. The van der Waals surface area contributed by atoms with Gasteiger partial charge in [-0.1, -0.05) is 0 Å². The largest absolute Gasteiger partial charge is 0.484 e. The molecule has 1 saturated heterocycles. The van der Waals surface area contributed by atoms with Gasteiger partial charge in [0.15, 0.2) is 11.2 Å². The molecule has 1 N–H and O–H groups in total. The van der Waals surface area contributed by atoms with E-state index in [0.29, 0.717) is 25.1 Å². The van der Waals surface area contributed by atoms with E-state index in [1.165, 1.54) is 25.9 Å². The van der Waals surface area contributed by atoms with E-state index in [-0.39, 0.29) is 5.43 Å². The zero-order valence-corrected chi connectivity index (χ0v) is 15.7. The smallest absolute Gasteiger partial charge is 0.257 e. The van der Waals surface area contributed by atoms with Gasteiger partial charge in [0.1, 0.15) is 13.2 Å². The Hall–Kier alpha value is -2.34. The predicted molar refractivity (Wildman–Crippen MR) is 101 cm³/mol. The van der Waals surface area contributed by atoms with Crippen molar-refractivity contribution < 1.29 is 9.47 Å². The van der Waals surface area contributed by atoms with E-state index < -0.39 is 0 Å². The number of ether oxygens (including phenoxy) is 2. The second kappa shape index (κ2) is 8.36. The molecule has 0 spiro atoms. The van der Waals surface area contributed by atoms with Crippen LogP contribution in [-0.4, -0.2) is 41.2 Å². The highest BCUT2D eigenvalue weighted by molar-refractivity contribution is 5.36. The molecule has 0 amide bonds. The number of hydrogen-bond donors (Lipinski definition) is 1. The molecule has 0 bridgehead atoms. The van der Waals surface area contributed by atoms with Crippen molar-refractivity contribution in [3.05, 3.63) is 51.6 Å². The summed E-state index contributed by atoms with van der Waals surface area (Å²) in [4.78, 5) is 20.7. The van der Waals surface area contributed by atoms with E-state index in [1.807, 2.05) is 19.9 Å². The van der Waals surface area contributed by atoms with Gasteiger partial charge in [-0.3, -0.25) is 9.69 Å². The van der Waals surface area contributed by atoms with E-state index >= 15 is 0 Å². The molecule has 4 heterocycles. The summed E-state index contributed by atoms with van der Waals surface area (Å²) in [6, 6.07) is 7.55. The topological polar surface area (TPSA) is 67.5 Å². The van der Waals surface area contributed by atoms with E-state index in [9.17, 15) is 4.79 Å². The number of aromatic nitrogens is 2. The molecule has 6 nitrogen and oxygen atoms in total. The first kappa shape index (κ1) is 18.5. The molecule has 2 aromatic rings. The standard InChI is InChI=1S/C13H18N2O2.C7H9NO/c1-10(15-6-2-3-7-15)11-4-5-12-13(14-11)17-9-8-16-12;1-5-3-7(9)4-6(2)8-5/h4-5,10H,2-3,6-9H2,1H3;3-4H,1-2H3,(H,8,9)/t10-;/m0./s1. The Morgan fingerprint density at radius 3 is 2.38 bits per heavy atom. The molecule has 1 atom stereocenters. The Morgan fingerprint density at radius 2 is 1.73 bits per heavy atom. The summed E-state index contributed by atoms with van der Waals surface area (Å²) >= 11 is 0. The average Bonchev–Trinajstić information content (AvgIpc) is 3.14. The van der Waals surface area contributed by atoms with E-state index in [1.54, 1.807) is 12.1 Å². The lowest BCUT2D eigenvalue weighted by atomic mass is 10.2. The first-order chi connectivity index (χ1) is 12.5. The minimum atomic E-state index is 0.0729. The Morgan fingerprint density at radius 1 is 1.08 bits per heavy atom. The van der Waals surface area contributed by atoms with Crippen molar-refractivity contribution in [1.82, 2.24) is 14.9 Å². The third kappa shape index (κ3) is 4.64. The maximum atomic E-state index is 10.7. The molecule has 0 aliphatic carbocycles. The molecule has 26 heavy (non-hydrogen) atoms. The minimum absolute atomic E-state index is 0.0729. The van der Waals surface area contributed by atoms with Crippen LogP contribution in [0.4, 0.5) is 0 Å². The number of likely N-dealkylation sites (tertiary alicyclic amines) is 1. The summed E-state index contributed by atoms with van der Waals surface area (Å²) < 4.78 is 11.0. The van der Waals surface area contributed by atoms with Gasteiger partial charge in [0.05, 0.1) is 5.69 Å². The van der Waals surface area contributed by atoms with Crippen LogP contribution in [0.5, 0.6) is 11.6 Å². The summed E-state index contributed by atoms with van der Waals surface area (Å²) in [6.45, 7) is 9.53. The number of nitrogens with one attached hydrogen (secondary N) is 1. The van der Waals surface area contributed by atoms with Crippen LogP contribution in [0, 0.1) is 13.8 Å². The van der Waals surface area contributed by atoms with Crippen molar-refractivity contribution in [2.75, 3.05) is 26.3 Å². The van der Waals surface area contributed by atoms with Gasteiger partial charge in [0.2, 0.25) is 0 Å². The molecule has 6 heteroatoms. The van der Waals surface area contributed by atoms with Crippen molar-refractivity contribution in [1.29, 1.82) is 0 Å². The van der Waals surface area contributed by atoms with Crippen LogP contribution in [0.1, 0.15) is 42.9 Å².